The van der Waals surface area contributed by atoms with Crippen LogP contribution in [0.15, 0.2) is 6.20 Å². The summed E-state index contributed by atoms with van der Waals surface area (Å²) >= 11 is 0. The van der Waals surface area contributed by atoms with Gasteiger partial charge in [-0.15, -0.1) is 0 Å². The van der Waals surface area contributed by atoms with Crippen molar-refractivity contribution in [3.8, 4) is 0 Å². The van der Waals surface area contributed by atoms with Crippen molar-refractivity contribution >= 4 is 12.0 Å². The molecule has 0 bridgehead atoms. The van der Waals surface area contributed by atoms with E-state index in [1.165, 1.54) is 0 Å². The lowest BCUT2D eigenvalue weighted by molar-refractivity contribution is 0.0520. The number of rotatable bonds is 8. The van der Waals surface area contributed by atoms with E-state index in [0.717, 1.165) is 18.1 Å². The van der Waals surface area contributed by atoms with Gasteiger partial charge in [-0.1, -0.05) is 13.8 Å². The van der Waals surface area contributed by atoms with Crippen molar-refractivity contribution in [1.82, 2.24) is 20.2 Å². The van der Waals surface area contributed by atoms with E-state index in [4.69, 9.17) is 4.74 Å². The summed E-state index contributed by atoms with van der Waals surface area (Å²) < 4.78 is 7.38. The fourth-order valence-corrected chi connectivity index (χ4v) is 2.59. The topological polar surface area (TPSA) is 71.4 Å². The van der Waals surface area contributed by atoms with Gasteiger partial charge in [0.2, 0.25) is 5.95 Å². The molecular formula is C18H35N5O2. The molecule has 0 spiro atoms. The number of hydrogen-bond donors (Lipinski definition) is 2. The molecule has 1 atom stereocenters. The third-order valence-corrected chi connectivity index (χ3v) is 3.68. The first kappa shape index (κ1) is 21.3. The van der Waals surface area contributed by atoms with E-state index in [2.05, 4.69) is 34.0 Å². The Morgan fingerprint density at radius 3 is 2.48 bits per heavy atom. The van der Waals surface area contributed by atoms with Gasteiger partial charge in [0.25, 0.3) is 0 Å². The second kappa shape index (κ2) is 9.08. The highest BCUT2D eigenvalue weighted by Gasteiger charge is 2.18. The van der Waals surface area contributed by atoms with Gasteiger partial charge in [0.05, 0.1) is 11.9 Å². The minimum absolute atomic E-state index is 0.172. The molecule has 0 radical (unpaired) electrons. The maximum absolute atomic E-state index is 11.9. The van der Waals surface area contributed by atoms with Gasteiger partial charge in [-0.3, -0.25) is 0 Å². The van der Waals surface area contributed by atoms with Gasteiger partial charge in [0.1, 0.15) is 5.60 Å². The molecule has 144 valence electrons. The van der Waals surface area contributed by atoms with Crippen LogP contribution in [0.25, 0.3) is 0 Å². The average Bonchev–Trinajstić information content (AvgIpc) is 2.81. The van der Waals surface area contributed by atoms with Crippen molar-refractivity contribution in [2.75, 3.05) is 25.5 Å². The molecule has 25 heavy (non-hydrogen) atoms. The monoisotopic (exact) mass is 353 g/mol. The number of alkyl carbamates (subject to hydrolysis) is 1. The number of carbonyl (C=O) groups excluding carboxylic acids is 1. The Hall–Kier alpha value is -1.76. The maximum atomic E-state index is 11.9. The third kappa shape index (κ3) is 7.77. The number of nitrogens with one attached hydrogen (secondary N) is 2. The zero-order chi connectivity index (χ0) is 19.2. The van der Waals surface area contributed by atoms with Gasteiger partial charge in [-0.05, 0) is 33.1 Å². The molecule has 1 rings (SSSR count). The number of aromatic nitrogens is 2. The van der Waals surface area contributed by atoms with Crippen molar-refractivity contribution in [1.29, 1.82) is 0 Å². The van der Waals surface area contributed by atoms with E-state index in [-0.39, 0.29) is 12.1 Å². The molecule has 1 unspecified atom stereocenters. The number of anilines is 1. The Bertz CT molecular complexity index is 546. The Morgan fingerprint density at radius 2 is 2.00 bits per heavy atom. The first-order chi connectivity index (χ1) is 11.5. The molecular weight excluding hydrogens is 318 g/mol. The van der Waals surface area contributed by atoms with E-state index in [1.54, 1.807) is 0 Å². The number of imidazole rings is 1. The van der Waals surface area contributed by atoms with Crippen LogP contribution in [0, 0.1) is 5.92 Å². The third-order valence-electron chi connectivity index (χ3n) is 3.68. The summed E-state index contributed by atoms with van der Waals surface area (Å²) in [6.07, 6.45) is 2.48. The Balaban J connectivity index is 2.60. The largest absolute Gasteiger partial charge is 0.444 e. The average molecular weight is 354 g/mol. The highest BCUT2D eigenvalue weighted by molar-refractivity contribution is 5.67. The van der Waals surface area contributed by atoms with E-state index < -0.39 is 5.60 Å². The van der Waals surface area contributed by atoms with Gasteiger partial charge < -0.3 is 24.8 Å². The second-order valence-electron chi connectivity index (χ2n) is 8.09. The smallest absolute Gasteiger partial charge is 0.407 e. The highest BCUT2D eigenvalue weighted by Crippen LogP contribution is 2.12. The molecule has 0 saturated carbocycles. The minimum atomic E-state index is -0.484. The van der Waals surface area contributed by atoms with Crippen LogP contribution in [0.2, 0.25) is 0 Å². The van der Waals surface area contributed by atoms with E-state index in [0.29, 0.717) is 19.0 Å². The van der Waals surface area contributed by atoms with Crippen LogP contribution in [-0.2, 0) is 18.3 Å². The number of carbonyl (C=O) groups is 1. The van der Waals surface area contributed by atoms with Crippen molar-refractivity contribution < 1.29 is 9.53 Å². The lowest BCUT2D eigenvalue weighted by Crippen LogP contribution is -2.43. The highest BCUT2D eigenvalue weighted by atomic mass is 16.6. The number of nitrogens with zero attached hydrogens (tertiary/aromatic N) is 3. The molecule has 2 N–H and O–H groups in total. The molecule has 0 aliphatic rings. The Labute approximate surface area is 152 Å². The first-order valence-electron chi connectivity index (χ1n) is 8.87. The Kier molecular flexibility index (Phi) is 7.73. The summed E-state index contributed by atoms with van der Waals surface area (Å²) in [6.45, 7) is 11.2. The SMILES string of the molecule is CC(C)CC(CNC(=O)OC(C)(C)C)NCc1cnc(N(C)C)n1C. The lowest BCUT2D eigenvalue weighted by Gasteiger charge is -2.24. The van der Waals surface area contributed by atoms with Crippen LogP contribution < -0.4 is 15.5 Å². The number of hydrogen-bond acceptors (Lipinski definition) is 5. The van der Waals surface area contributed by atoms with Gasteiger partial charge in [-0.2, -0.15) is 0 Å². The van der Waals surface area contributed by atoms with Crippen LogP contribution >= 0.6 is 0 Å². The van der Waals surface area contributed by atoms with Crippen molar-refractivity contribution in [2.45, 2.75) is 59.2 Å². The molecule has 0 saturated heterocycles. The Morgan fingerprint density at radius 1 is 1.36 bits per heavy atom. The fraction of sp³-hybridized carbons (Fsp3) is 0.778. The standard InChI is InChI=1S/C18H35N5O2/c1-13(2)9-14(10-21-17(24)25-18(3,4)5)19-11-15-12-20-16(22(6)7)23(15)8/h12-14,19H,9-11H2,1-8H3,(H,21,24). The van der Waals surface area contributed by atoms with E-state index in [1.807, 2.05) is 53.0 Å². The van der Waals surface area contributed by atoms with Gasteiger partial charge >= 0.3 is 6.09 Å². The molecule has 0 aliphatic carbocycles. The van der Waals surface area contributed by atoms with Gasteiger partial charge in [0.15, 0.2) is 0 Å². The van der Waals surface area contributed by atoms with Crippen LogP contribution in [0.1, 0.15) is 46.7 Å². The molecule has 0 aliphatic heterocycles. The van der Waals surface area contributed by atoms with Crippen LogP contribution in [0.5, 0.6) is 0 Å². The molecule has 7 nitrogen and oxygen atoms in total. The molecule has 1 amide bonds. The summed E-state index contributed by atoms with van der Waals surface area (Å²) in [4.78, 5) is 18.3. The zero-order valence-electron chi connectivity index (χ0n) is 17.0. The summed E-state index contributed by atoms with van der Waals surface area (Å²) in [5.41, 5.74) is 0.622. The maximum Gasteiger partial charge on any atom is 0.407 e. The predicted octanol–water partition coefficient (Wildman–Crippen LogP) is 2.52. The lowest BCUT2D eigenvalue weighted by atomic mass is 10.0. The van der Waals surface area contributed by atoms with Crippen LogP contribution in [-0.4, -0.2) is 47.9 Å². The van der Waals surface area contributed by atoms with E-state index >= 15 is 0 Å². The first-order valence-corrected chi connectivity index (χ1v) is 8.87. The van der Waals surface area contributed by atoms with Crippen molar-refractivity contribution in [2.24, 2.45) is 13.0 Å². The van der Waals surface area contributed by atoms with Crippen LogP contribution in [0.3, 0.4) is 0 Å². The molecule has 7 heteroatoms. The normalized spacial score (nSPS) is 13.0. The van der Waals surface area contributed by atoms with Crippen molar-refractivity contribution in [3.05, 3.63) is 11.9 Å². The second-order valence-corrected chi connectivity index (χ2v) is 8.09. The molecule has 0 fully saturated rings. The van der Waals surface area contributed by atoms with Gasteiger partial charge in [-0.25, -0.2) is 9.78 Å². The zero-order valence-corrected chi connectivity index (χ0v) is 17.0. The summed E-state index contributed by atoms with van der Waals surface area (Å²) in [6, 6.07) is 0.172. The summed E-state index contributed by atoms with van der Waals surface area (Å²) in [7, 11) is 5.97. The number of amides is 1. The molecule has 1 aromatic heterocycles. The van der Waals surface area contributed by atoms with Gasteiger partial charge in [0, 0.05) is 40.3 Å². The fourth-order valence-electron chi connectivity index (χ4n) is 2.59. The quantitative estimate of drug-likeness (QED) is 0.751. The van der Waals surface area contributed by atoms with Crippen molar-refractivity contribution in [3.63, 3.8) is 0 Å². The summed E-state index contributed by atoms with van der Waals surface area (Å²) in [5, 5.41) is 6.39. The molecule has 1 heterocycles. The number of ether oxygens (including phenoxy) is 1. The minimum Gasteiger partial charge on any atom is -0.444 e. The molecule has 0 aromatic carbocycles. The molecule has 1 aromatic rings. The predicted molar refractivity (Wildman–Crippen MR) is 102 cm³/mol. The summed E-state index contributed by atoms with van der Waals surface area (Å²) in [5.74, 6) is 1.45. The van der Waals surface area contributed by atoms with E-state index in [9.17, 15) is 4.79 Å². The van der Waals surface area contributed by atoms with Crippen LogP contribution in [0.4, 0.5) is 10.7 Å².